The van der Waals surface area contributed by atoms with Gasteiger partial charge in [0.05, 0.1) is 11.1 Å². The Morgan fingerprint density at radius 3 is 2.57 bits per heavy atom. The molecule has 7 nitrogen and oxygen atoms in total. The Morgan fingerprint density at radius 1 is 1.32 bits per heavy atom. The van der Waals surface area contributed by atoms with Crippen LogP contribution < -0.4 is 10.2 Å². The van der Waals surface area contributed by atoms with E-state index in [1.807, 2.05) is 4.90 Å². The lowest BCUT2D eigenvalue weighted by atomic mass is 9.86. The van der Waals surface area contributed by atoms with Gasteiger partial charge in [0.15, 0.2) is 0 Å². The third-order valence-electron chi connectivity index (χ3n) is 5.91. The molecule has 0 saturated carbocycles. The molecule has 1 fully saturated rings. The number of benzene rings is 1. The average Bonchev–Trinajstić information content (AvgIpc) is 2.85. The molecule has 2 N–H and O–H groups in total. The van der Waals surface area contributed by atoms with Gasteiger partial charge in [-0.15, -0.1) is 0 Å². The minimum atomic E-state index is -0.890. The summed E-state index contributed by atoms with van der Waals surface area (Å²) in [6, 6.07) is 2.99. The van der Waals surface area contributed by atoms with Gasteiger partial charge in [-0.1, -0.05) is 6.07 Å². The van der Waals surface area contributed by atoms with Crippen LogP contribution in [-0.4, -0.2) is 53.6 Å². The van der Waals surface area contributed by atoms with Crippen LogP contribution in [-0.2, 0) is 15.0 Å². The number of hydrogen-bond donors (Lipinski definition) is 2. The molecule has 1 unspecified atom stereocenters. The van der Waals surface area contributed by atoms with Gasteiger partial charge in [0.25, 0.3) is 0 Å². The van der Waals surface area contributed by atoms with Crippen molar-refractivity contribution in [3.05, 3.63) is 29.6 Å². The maximum Gasteiger partial charge on any atom is 0.328 e. The Balaban J connectivity index is 1.61. The van der Waals surface area contributed by atoms with Crippen LogP contribution in [0.4, 0.5) is 14.9 Å². The second-order valence-corrected chi connectivity index (χ2v) is 8.11. The highest BCUT2D eigenvalue weighted by molar-refractivity contribution is 6.22. The second kappa shape index (κ2) is 7.50. The fraction of sp³-hybridized carbons (Fsp3) is 0.550. The largest absolute Gasteiger partial charge is 0.480 e. The zero-order chi connectivity index (χ0) is 20.6. The molecule has 2 heterocycles. The number of carbonyl (C=O) groups excluding carboxylic acids is 2. The summed E-state index contributed by atoms with van der Waals surface area (Å²) < 4.78 is 13.7. The predicted molar refractivity (Wildman–Crippen MR) is 102 cm³/mol. The Bertz CT molecular complexity index is 803. The van der Waals surface area contributed by atoms with E-state index in [4.69, 9.17) is 5.11 Å². The molecule has 1 aromatic rings. The summed E-state index contributed by atoms with van der Waals surface area (Å²) in [5.74, 6) is -1.51. The Morgan fingerprint density at radius 2 is 1.96 bits per heavy atom. The number of aliphatic carboxylic acids is 1. The lowest BCUT2D eigenvalue weighted by molar-refractivity contribution is -0.143. The molecule has 1 atom stereocenters. The Labute approximate surface area is 163 Å². The first-order chi connectivity index (χ1) is 13.1. The summed E-state index contributed by atoms with van der Waals surface area (Å²) in [5.41, 5.74) is 0.0289. The standard InChI is InChI=1S/C20H26FN3O4/c1-12(17(25)26)23-8-6-13(7-9-23)11-22-19(28)24-16-10-14(21)4-5-15(16)20(2,3)18(24)27/h4-5,10,12-13H,6-9,11H2,1-3H3,(H,22,28)(H,25,26). The fourth-order valence-electron chi connectivity index (χ4n) is 3.94. The lowest BCUT2D eigenvalue weighted by Gasteiger charge is -2.34. The summed E-state index contributed by atoms with van der Waals surface area (Å²) in [7, 11) is 0. The number of rotatable bonds is 4. The molecule has 0 aliphatic carbocycles. The minimum Gasteiger partial charge on any atom is -0.480 e. The van der Waals surface area contributed by atoms with Crippen LogP contribution in [0.25, 0.3) is 0 Å². The number of urea groups is 1. The molecule has 0 bridgehead atoms. The zero-order valence-corrected chi connectivity index (χ0v) is 16.4. The number of carboxylic acid groups (broad SMARTS) is 1. The molecule has 1 saturated heterocycles. The highest BCUT2D eigenvalue weighted by atomic mass is 19.1. The Kier molecular flexibility index (Phi) is 5.43. The van der Waals surface area contributed by atoms with E-state index < -0.39 is 29.3 Å². The van der Waals surface area contributed by atoms with E-state index in [0.717, 1.165) is 17.7 Å². The van der Waals surface area contributed by atoms with Gasteiger partial charge in [-0.2, -0.15) is 0 Å². The van der Waals surface area contributed by atoms with Crippen LogP contribution in [0.3, 0.4) is 0 Å². The third-order valence-corrected chi connectivity index (χ3v) is 5.91. The van der Waals surface area contributed by atoms with Gasteiger partial charge < -0.3 is 10.4 Å². The molecule has 0 radical (unpaired) electrons. The number of nitrogens with one attached hydrogen (secondary N) is 1. The van der Waals surface area contributed by atoms with Crippen molar-refractivity contribution in [2.45, 2.75) is 45.1 Å². The van der Waals surface area contributed by atoms with Gasteiger partial charge in [-0.05, 0) is 70.3 Å². The lowest BCUT2D eigenvalue weighted by Crippen LogP contribution is -2.49. The van der Waals surface area contributed by atoms with Crippen LogP contribution in [0.5, 0.6) is 0 Å². The Hall–Kier alpha value is -2.48. The molecule has 1 aromatic carbocycles. The SMILES string of the molecule is CC(C(=O)O)N1CCC(CNC(=O)N2C(=O)C(C)(C)c3ccc(F)cc32)CC1. The van der Waals surface area contributed by atoms with Gasteiger partial charge in [0, 0.05) is 6.54 Å². The van der Waals surface area contributed by atoms with Crippen molar-refractivity contribution < 1.29 is 23.9 Å². The van der Waals surface area contributed by atoms with E-state index in [9.17, 15) is 18.8 Å². The van der Waals surface area contributed by atoms with Gasteiger partial charge in [0.2, 0.25) is 5.91 Å². The number of piperidine rings is 1. The van der Waals surface area contributed by atoms with E-state index in [-0.39, 0.29) is 17.5 Å². The minimum absolute atomic E-state index is 0.207. The molecule has 8 heteroatoms. The highest BCUT2D eigenvalue weighted by Gasteiger charge is 2.46. The van der Waals surface area contributed by atoms with Crippen molar-refractivity contribution >= 4 is 23.6 Å². The van der Waals surface area contributed by atoms with Crippen LogP contribution >= 0.6 is 0 Å². The van der Waals surface area contributed by atoms with Crippen molar-refractivity contribution in [2.24, 2.45) is 5.92 Å². The van der Waals surface area contributed by atoms with E-state index in [1.54, 1.807) is 26.8 Å². The van der Waals surface area contributed by atoms with E-state index >= 15 is 0 Å². The van der Waals surface area contributed by atoms with Crippen LogP contribution in [0.15, 0.2) is 18.2 Å². The summed E-state index contributed by atoms with van der Waals surface area (Å²) in [6.45, 7) is 6.80. The smallest absolute Gasteiger partial charge is 0.328 e. The molecule has 3 rings (SSSR count). The van der Waals surface area contributed by atoms with Gasteiger partial charge in [-0.25, -0.2) is 14.1 Å². The molecule has 2 aliphatic heterocycles. The normalized spacial score (nSPS) is 20.7. The van der Waals surface area contributed by atoms with E-state index in [1.165, 1.54) is 12.1 Å². The van der Waals surface area contributed by atoms with Gasteiger partial charge in [-0.3, -0.25) is 14.5 Å². The fourth-order valence-corrected chi connectivity index (χ4v) is 3.94. The van der Waals surface area contributed by atoms with Crippen LogP contribution in [0.1, 0.15) is 39.2 Å². The molecule has 152 valence electrons. The average molecular weight is 391 g/mol. The number of amides is 3. The molecule has 0 spiro atoms. The quantitative estimate of drug-likeness (QED) is 0.822. The number of fused-ring (bicyclic) bond motifs is 1. The third kappa shape index (κ3) is 3.61. The van der Waals surface area contributed by atoms with Gasteiger partial charge in [0.1, 0.15) is 11.9 Å². The molecule has 0 aromatic heterocycles. The molecule has 3 amide bonds. The van der Waals surface area contributed by atoms with Crippen LogP contribution in [0, 0.1) is 11.7 Å². The monoisotopic (exact) mass is 391 g/mol. The molecule has 2 aliphatic rings. The number of imide groups is 1. The maximum atomic E-state index is 13.7. The summed E-state index contributed by atoms with van der Waals surface area (Å²) in [4.78, 5) is 39.5. The number of likely N-dealkylation sites (tertiary alicyclic amines) is 1. The van der Waals surface area contributed by atoms with Crippen molar-refractivity contribution in [1.82, 2.24) is 10.2 Å². The maximum absolute atomic E-state index is 13.7. The first kappa shape index (κ1) is 20.3. The highest BCUT2D eigenvalue weighted by Crippen LogP contribution is 2.41. The van der Waals surface area contributed by atoms with Crippen molar-refractivity contribution in [3.8, 4) is 0 Å². The number of nitrogens with zero attached hydrogens (tertiary/aromatic N) is 2. The first-order valence-corrected chi connectivity index (χ1v) is 9.52. The number of carbonyl (C=O) groups is 3. The zero-order valence-electron chi connectivity index (χ0n) is 16.4. The summed E-state index contributed by atoms with van der Waals surface area (Å²) >= 11 is 0. The molecular formula is C20H26FN3O4. The number of carboxylic acids is 1. The number of halogens is 1. The number of hydrogen-bond acceptors (Lipinski definition) is 4. The molecular weight excluding hydrogens is 365 g/mol. The second-order valence-electron chi connectivity index (χ2n) is 8.11. The van der Waals surface area contributed by atoms with E-state index in [2.05, 4.69) is 5.32 Å². The number of anilines is 1. The van der Waals surface area contributed by atoms with Crippen molar-refractivity contribution in [1.29, 1.82) is 0 Å². The molecule has 28 heavy (non-hydrogen) atoms. The van der Waals surface area contributed by atoms with Gasteiger partial charge >= 0.3 is 12.0 Å². The first-order valence-electron chi connectivity index (χ1n) is 9.52. The van der Waals surface area contributed by atoms with E-state index in [0.29, 0.717) is 25.2 Å². The predicted octanol–water partition coefficient (Wildman–Crippen LogP) is 2.34. The summed E-state index contributed by atoms with van der Waals surface area (Å²) in [6.07, 6.45) is 1.53. The topological polar surface area (TPSA) is 89.9 Å². The van der Waals surface area contributed by atoms with Crippen molar-refractivity contribution in [3.63, 3.8) is 0 Å². The summed E-state index contributed by atoms with van der Waals surface area (Å²) in [5, 5.41) is 11.9. The van der Waals surface area contributed by atoms with Crippen LogP contribution in [0.2, 0.25) is 0 Å². The van der Waals surface area contributed by atoms with Crippen molar-refractivity contribution in [2.75, 3.05) is 24.5 Å².